The molecule has 0 saturated carbocycles. The van der Waals surface area contributed by atoms with Gasteiger partial charge in [-0.2, -0.15) is 0 Å². The fourth-order valence-corrected chi connectivity index (χ4v) is 7.22. The molecular weight excluding hydrogens is 530 g/mol. The van der Waals surface area contributed by atoms with Gasteiger partial charge in [-0.15, -0.1) is 0 Å². The minimum absolute atomic E-state index is 0.212. The van der Waals surface area contributed by atoms with E-state index in [1.54, 1.807) is 25.7 Å². The van der Waals surface area contributed by atoms with Gasteiger partial charge in [0.1, 0.15) is 11.6 Å². The van der Waals surface area contributed by atoms with E-state index in [0.717, 1.165) is 23.2 Å². The van der Waals surface area contributed by atoms with Gasteiger partial charge in [0, 0.05) is 31.5 Å². The molecule has 40 heavy (non-hydrogen) atoms. The van der Waals surface area contributed by atoms with Crippen LogP contribution in [0.3, 0.4) is 0 Å². The van der Waals surface area contributed by atoms with Gasteiger partial charge >= 0.3 is 6.09 Å². The predicted molar refractivity (Wildman–Crippen MR) is 153 cm³/mol. The Balaban J connectivity index is 1.37. The maximum Gasteiger partial charge on any atom is 0.408 e. The number of alkyl carbamates (subject to hydrolysis) is 1. The summed E-state index contributed by atoms with van der Waals surface area (Å²) in [5.74, 6) is -0.212. The van der Waals surface area contributed by atoms with Gasteiger partial charge in [0.05, 0.1) is 24.7 Å². The molecule has 2 aromatic carbocycles. The Hall–Kier alpha value is -3.11. The highest BCUT2D eigenvalue weighted by Gasteiger charge is 2.48. The maximum absolute atomic E-state index is 14.1. The Morgan fingerprint density at radius 2 is 1.70 bits per heavy atom. The highest BCUT2D eigenvalue weighted by Crippen LogP contribution is 2.47. The van der Waals surface area contributed by atoms with Gasteiger partial charge in [-0.05, 0) is 62.8 Å². The second kappa shape index (κ2) is 10.7. The molecule has 3 heterocycles. The van der Waals surface area contributed by atoms with Crippen molar-refractivity contribution in [2.75, 3.05) is 36.8 Å². The molecule has 0 aliphatic carbocycles. The molecule has 3 aliphatic heterocycles. The van der Waals surface area contributed by atoms with Crippen molar-refractivity contribution >= 4 is 27.7 Å². The molecule has 2 atom stereocenters. The average molecular weight is 570 g/mol. The van der Waals surface area contributed by atoms with Crippen LogP contribution < -0.4 is 9.62 Å². The molecule has 1 N–H and O–H groups in total. The lowest BCUT2D eigenvalue weighted by Gasteiger charge is -2.41. The molecule has 2 aromatic rings. The maximum atomic E-state index is 14.1. The molecule has 5 rings (SSSR count). The molecule has 1 saturated heterocycles. The third kappa shape index (κ3) is 5.83. The molecule has 0 radical (unpaired) electrons. The number of amides is 2. The van der Waals surface area contributed by atoms with Crippen LogP contribution in [-0.4, -0.2) is 75.6 Å². The quantitative estimate of drug-likeness (QED) is 0.605. The monoisotopic (exact) mass is 569 g/mol. The Morgan fingerprint density at radius 1 is 1.05 bits per heavy atom. The minimum Gasteiger partial charge on any atom is -0.444 e. The second-order valence-electron chi connectivity index (χ2n) is 12.1. The Kier molecular flexibility index (Phi) is 7.60. The van der Waals surface area contributed by atoms with E-state index in [2.05, 4.69) is 11.4 Å². The van der Waals surface area contributed by atoms with Crippen molar-refractivity contribution in [3.8, 4) is 0 Å². The molecule has 1 spiro atoms. The third-order valence-electron chi connectivity index (χ3n) is 8.18. The third-order valence-corrected chi connectivity index (χ3v) is 9.30. The van der Waals surface area contributed by atoms with Crippen molar-refractivity contribution < 1.29 is 27.5 Å². The summed E-state index contributed by atoms with van der Waals surface area (Å²) in [6.07, 6.45) is 2.50. The summed E-state index contributed by atoms with van der Waals surface area (Å²) in [6.45, 7) is 7.06. The number of rotatable bonds is 4. The first-order chi connectivity index (χ1) is 18.9. The SMILES string of the molecule is CC(C)(C)OC(=O)NC(C(=O)N1CCC2(CC1)CN(S(C)(=O)=O)c1ccccc12)C1Cc2ccccc2CCO1. The van der Waals surface area contributed by atoms with Gasteiger partial charge in [-0.25, -0.2) is 13.2 Å². The summed E-state index contributed by atoms with van der Waals surface area (Å²) in [5, 5.41) is 2.84. The van der Waals surface area contributed by atoms with Crippen molar-refractivity contribution in [1.29, 1.82) is 0 Å². The van der Waals surface area contributed by atoms with Gasteiger partial charge in [0.25, 0.3) is 0 Å². The van der Waals surface area contributed by atoms with Crippen LogP contribution in [-0.2, 0) is 42.5 Å². The first kappa shape index (κ1) is 28.4. The number of carbonyl (C=O) groups excluding carboxylic acids is 2. The zero-order valence-corrected chi connectivity index (χ0v) is 24.5. The van der Waals surface area contributed by atoms with Crippen LogP contribution in [0.5, 0.6) is 0 Å². The Bertz CT molecular complexity index is 1380. The molecule has 10 heteroatoms. The highest BCUT2D eigenvalue weighted by atomic mass is 32.2. The summed E-state index contributed by atoms with van der Waals surface area (Å²) >= 11 is 0. The Morgan fingerprint density at radius 3 is 2.38 bits per heavy atom. The lowest BCUT2D eigenvalue weighted by Crippen LogP contribution is -2.58. The number of sulfonamides is 1. The molecule has 0 aromatic heterocycles. The molecule has 2 amide bonds. The molecule has 0 bridgehead atoms. The molecule has 1 fully saturated rings. The molecule has 216 valence electrons. The van der Waals surface area contributed by atoms with Crippen LogP contribution in [0.1, 0.15) is 50.3 Å². The molecule has 2 unspecified atom stereocenters. The number of hydrogen-bond donors (Lipinski definition) is 1. The lowest BCUT2D eigenvalue weighted by molar-refractivity contribution is -0.139. The lowest BCUT2D eigenvalue weighted by atomic mass is 9.74. The topological polar surface area (TPSA) is 105 Å². The van der Waals surface area contributed by atoms with Crippen LogP contribution >= 0.6 is 0 Å². The van der Waals surface area contributed by atoms with Crippen LogP contribution in [0.15, 0.2) is 48.5 Å². The van der Waals surface area contributed by atoms with E-state index in [-0.39, 0.29) is 11.3 Å². The van der Waals surface area contributed by atoms with Crippen LogP contribution in [0, 0.1) is 0 Å². The van der Waals surface area contributed by atoms with Crippen molar-refractivity contribution in [1.82, 2.24) is 10.2 Å². The summed E-state index contributed by atoms with van der Waals surface area (Å²) in [5.41, 5.74) is 2.95. The van der Waals surface area contributed by atoms with Gasteiger partial charge in [0.15, 0.2) is 0 Å². The minimum atomic E-state index is -3.43. The zero-order chi connectivity index (χ0) is 28.7. The number of ether oxygens (including phenoxy) is 2. The number of nitrogens with zero attached hydrogens (tertiary/aromatic N) is 2. The predicted octanol–water partition coefficient (Wildman–Crippen LogP) is 3.40. The van der Waals surface area contributed by atoms with Crippen LogP contribution in [0.25, 0.3) is 0 Å². The van der Waals surface area contributed by atoms with Crippen molar-refractivity contribution in [3.63, 3.8) is 0 Å². The van der Waals surface area contributed by atoms with Gasteiger partial charge < -0.3 is 19.7 Å². The molecule has 3 aliphatic rings. The normalized spacial score (nSPS) is 21.2. The van der Waals surface area contributed by atoms with E-state index in [1.165, 1.54) is 16.1 Å². The number of hydrogen-bond acceptors (Lipinski definition) is 6. The number of anilines is 1. The number of piperidine rings is 1. The van der Waals surface area contributed by atoms with E-state index < -0.39 is 33.9 Å². The van der Waals surface area contributed by atoms with E-state index in [0.29, 0.717) is 45.5 Å². The highest BCUT2D eigenvalue weighted by molar-refractivity contribution is 7.92. The van der Waals surface area contributed by atoms with E-state index >= 15 is 0 Å². The second-order valence-corrected chi connectivity index (χ2v) is 14.1. The van der Waals surface area contributed by atoms with Crippen molar-refractivity contribution in [2.45, 2.75) is 69.6 Å². The Labute approximate surface area is 236 Å². The van der Waals surface area contributed by atoms with E-state index in [4.69, 9.17) is 9.47 Å². The molecule has 9 nitrogen and oxygen atoms in total. The largest absolute Gasteiger partial charge is 0.444 e. The fraction of sp³-hybridized carbons (Fsp3) is 0.533. The number of para-hydroxylation sites is 1. The number of nitrogens with one attached hydrogen (secondary N) is 1. The number of benzene rings is 2. The fourth-order valence-electron chi connectivity index (χ4n) is 6.22. The van der Waals surface area contributed by atoms with Crippen LogP contribution in [0.2, 0.25) is 0 Å². The average Bonchev–Trinajstić information content (AvgIpc) is 3.06. The summed E-state index contributed by atoms with van der Waals surface area (Å²) < 4.78 is 38.3. The van der Waals surface area contributed by atoms with E-state index in [1.807, 2.05) is 42.5 Å². The first-order valence-corrected chi connectivity index (χ1v) is 15.8. The zero-order valence-electron chi connectivity index (χ0n) is 23.7. The van der Waals surface area contributed by atoms with Gasteiger partial charge in [0.2, 0.25) is 15.9 Å². The van der Waals surface area contributed by atoms with Crippen molar-refractivity contribution in [3.05, 3.63) is 65.2 Å². The van der Waals surface area contributed by atoms with Crippen molar-refractivity contribution in [2.24, 2.45) is 0 Å². The summed E-state index contributed by atoms with van der Waals surface area (Å²) in [4.78, 5) is 28.7. The van der Waals surface area contributed by atoms with Crippen LogP contribution in [0.4, 0.5) is 10.5 Å². The van der Waals surface area contributed by atoms with E-state index in [9.17, 15) is 18.0 Å². The number of fused-ring (bicyclic) bond motifs is 3. The van der Waals surface area contributed by atoms with Gasteiger partial charge in [-0.1, -0.05) is 42.5 Å². The number of carbonyl (C=O) groups is 2. The number of likely N-dealkylation sites (tertiary alicyclic amines) is 1. The molecular formula is C30H39N3O6S. The first-order valence-electron chi connectivity index (χ1n) is 13.9. The standard InChI is InChI=1S/C30H39N3O6S/c1-29(2,3)39-28(35)31-26(25-19-22-10-6-5-9-21(22)13-18-38-25)27(34)32-16-14-30(15-17-32)20-33(40(4,36)37)24-12-8-7-11-23(24)30/h5-12,25-26H,13-20H2,1-4H3,(H,31,35). The van der Waals surface area contributed by atoms with Gasteiger partial charge in [-0.3, -0.25) is 9.10 Å². The summed E-state index contributed by atoms with van der Waals surface area (Å²) in [7, 11) is -3.43. The summed E-state index contributed by atoms with van der Waals surface area (Å²) in [6, 6.07) is 14.8. The smallest absolute Gasteiger partial charge is 0.408 e.